The smallest absolute Gasteiger partial charge is 0.242 e. The van der Waals surface area contributed by atoms with Crippen molar-refractivity contribution < 1.29 is 4.79 Å². The SMILES string of the molecule is CC(C)CCC(C)(Nc1cccc(Br)c1)C(N)=O. The number of halogens is 1. The Morgan fingerprint density at radius 1 is 1.50 bits per heavy atom. The third-order valence-corrected chi connectivity index (χ3v) is 3.50. The van der Waals surface area contributed by atoms with Gasteiger partial charge in [-0.2, -0.15) is 0 Å². The number of carbonyl (C=O) groups is 1. The highest BCUT2D eigenvalue weighted by Crippen LogP contribution is 2.24. The summed E-state index contributed by atoms with van der Waals surface area (Å²) in [6, 6.07) is 7.75. The third-order valence-electron chi connectivity index (χ3n) is 3.01. The maximum atomic E-state index is 11.7. The minimum absolute atomic E-state index is 0.317. The van der Waals surface area contributed by atoms with Crippen molar-refractivity contribution >= 4 is 27.5 Å². The Labute approximate surface area is 117 Å². The highest BCUT2D eigenvalue weighted by atomic mass is 79.9. The Morgan fingerprint density at radius 3 is 2.67 bits per heavy atom. The zero-order valence-electron chi connectivity index (χ0n) is 11.2. The molecule has 0 fully saturated rings. The molecule has 0 saturated heterocycles. The van der Waals surface area contributed by atoms with Crippen molar-refractivity contribution in [2.24, 2.45) is 11.7 Å². The average molecular weight is 313 g/mol. The number of amides is 1. The van der Waals surface area contributed by atoms with Crippen LogP contribution in [0.3, 0.4) is 0 Å². The quantitative estimate of drug-likeness (QED) is 0.844. The van der Waals surface area contributed by atoms with Gasteiger partial charge in [0, 0.05) is 10.2 Å². The van der Waals surface area contributed by atoms with E-state index in [4.69, 9.17) is 5.73 Å². The van der Waals surface area contributed by atoms with E-state index in [0.29, 0.717) is 5.92 Å². The topological polar surface area (TPSA) is 55.1 Å². The van der Waals surface area contributed by atoms with Crippen LogP contribution in [0.1, 0.15) is 33.6 Å². The van der Waals surface area contributed by atoms with Gasteiger partial charge in [-0.1, -0.05) is 35.8 Å². The van der Waals surface area contributed by atoms with E-state index in [-0.39, 0.29) is 5.91 Å². The van der Waals surface area contributed by atoms with Crippen LogP contribution >= 0.6 is 15.9 Å². The first-order chi connectivity index (χ1) is 8.33. The number of hydrogen-bond acceptors (Lipinski definition) is 2. The number of primary amides is 1. The molecule has 3 nitrogen and oxygen atoms in total. The van der Waals surface area contributed by atoms with Gasteiger partial charge in [0.2, 0.25) is 5.91 Å². The molecule has 18 heavy (non-hydrogen) atoms. The van der Waals surface area contributed by atoms with Crippen LogP contribution in [-0.2, 0) is 4.79 Å². The average Bonchev–Trinajstić information content (AvgIpc) is 2.26. The molecule has 0 heterocycles. The van der Waals surface area contributed by atoms with Gasteiger partial charge in [-0.05, 0) is 43.9 Å². The maximum Gasteiger partial charge on any atom is 0.242 e. The molecule has 0 saturated carbocycles. The van der Waals surface area contributed by atoms with Crippen LogP contribution in [0, 0.1) is 5.92 Å². The van der Waals surface area contributed by atoms with Crippen molar-refractivity contribution in [3.63, 3.8) is 0 Å². The maximum absolute atomic E-state index is 11.7. The first kappa shape index (κ1) is 15.0. The number of benzene rings is 1. The Kier molecular flexibility index (Phi) is 5.20. The zero-order chi connectivity index (χ0) is 13.8. The van der Waals surface area contributed by atoms with Gasteiger partial charge in [0.15, 0.2) is 0 Å². The Morgan fingerprint density at radius 2 is 2.17 bits per heavy atom. The van der Waals surface area contributed by atoms with Crippen molar-refractivity contribution in [3.05, 3.63) is 28.7 Å². The van der Waals surface area contributed by atoms with Crippen LogP contribution in [0.4, 0.5) is 5.69 Å². The Balaban J connectivity index is 2.82. The van der Waals surface area contributed by atoms with Crippen molar-refractivity contribution in [1.82, 2.24) is 0 Å². The second-order valence-corrected chi connectivity index (χ2v) is 6.18. The second kappa shape index (κ2) is 6.23. The summed E-state index contributed by atoms with van der Waals surface area (Å²) in [5, 5.41) is 3.25. The van der Waals surface area contributed by atoms with Crippen LogP contribution in [0.2, 0.25) is 0 Å². The summed E-state index contributed by atoms with van der Waals surface area (Å²) < 4.78 is 0.975. The summed E-state index contributed by atoms with van der Waals surface area (Å²) in [5.74, 6) is 0.233. The molecule has 0 aliphatic heterocycles. The van der Waals surface area contributed by atoms with Crippen molar-refractivity contribution in [3.8, 4) is 0 Å². The number of hydrogen-bond donors (Lipinski definition) is 2. The lowest BCUT2D eigenvalue weighted by Crippen LogP contribution is -2.48. The molecular weight excluding hydrogens is 292 g/mol. The number of anilines is 1. The molecule has 0 spiro atoms. The van der Waals surface area contributed by atoms with E-state index < -0.39 is 5.54 Å². The minimum atomic E-state index is -0.703. The zero-order valence-corrected chi connectivity index (χ0v) is 12.8. The van der Waals surface area contributed by atoms with Crippen LogP contribution < -0.4 is 11.1 Å². The minimum Gasteiger partial charge on any atom is -0.371 e. The van der Waals surface area contributed by atoms with Crippen LogP contribution in [0.25, 0.3) is 0 Å². The molecular formula is C14H21BrN2O. The lowest BCUT2D eigenvalue weighted by atomic mass is 9.91. The molecule has 4 heteroatoms. The van der Waals surface area contributed by atoms with E-state index in [1.807, 2.05) is 31.2 Å². The summed E-state index contributed by atoms with van der Waals surface area (Å²) in [5.41, 5.74) is 5.72. The van der Waals surface area contributed by atoms with Gasteiger partial charge in [-0.25, -0.2) is 0 Å². The molecule has 0 bridgehead atoms. The fourth-order valence-electron chi connectivity index (χ4n) is 1.71. The van der Waals surface area contributed by atoms with Crippen LogP contribution in [-0.4, -0.2) is 11.4 Å². The molecule has 1 aromatic carbocycles. The molecule has 100 valence electrons. The molecule has 1 unspecified atom stereocenters. The van der Waals surface area contributed by atoms with Crippen molar-refractivity contribution in [2.75, 3.05) is 5.32 Å². The molecule has 3 N–H and O–H groups in total. The summed E-state index contributed by atoms with van der Waals surface area (Å²) in [4.78, 5) is 11.7. The van der Waals surface area contributed by atoms with Gasteiger partial charge < -0.3 is 11.1 Å². The van der Waals surface area contributed by atoms with E-state index in [9.17, 15) is 4.79 Å². The third kappa shape index (κ3) is 4.33. The molecule has 1 rings (SSSR count). The van der Waals surface area contributed by atoms with Gasteiger partial charge in [0.25, 0.3) is 0 Å². The van der Waals surface area contributed by atoms with E-state index in [1.54, 1.807) is 0 Å². The van der Waals surface area contributed by atoms with E-state index in [2.05, 4.69) is 35.1 Å². The number of nitrogens with one attached hydrogen (secondary N) is 1. The van der Waals surface area contributed by atoms with Crippen molar-refractivity contribution in [2.45, 2.75) is 39.2 Å². The molecule has 0 radical (unpaired) electrons. The van der Waals surface area contributed by atoms with Crippen molar-refractivity contribution in [1.29, 1.82) is 0 Å². The van der Waals surface area contributed by atoms with Crippen LogP contribution in [0.15, 0.2) is 28.7 Å². The number of nitrogens with two attached hydrogens (primary N) is 1. The number of rotatable bonds is 6. The first-order valence-electron chi connectivity index (χ1n) is 6.17. The Bertz CT molecular complexity index is 420. The first-order valence-corrected chi connectivity index (χ1v) is 6.96. The fourth-order valence-corrected chi connectivity index (χ4v) is 2.11. The summed E-state index contributed by atoms with van der Waals surface area (Å²) >= 11 is 3.41. The Hall–Kier alpha value is -1.03. The van der Waals surface area contributed by atoms with Crippen LogP contribution in [0.5, 0.6) is 0 Å². The normalized spacial score (nSPS) is 14.3. The predicted molar refractivity (Wildman–Crippen MR) is 79.4 cm³/mol. The van der Waals surface area contributed by atoms with Gasteiger partial charge in [-0.15, -0.1) is 0 Å². The highest BCUT2D eigenvalue weighted by molar-refractivity contribution is 9.10. The lowest BCUT2D eigenvalue weighted by Gasteiger charge is -2.29. The predicted octanol–water partition coefficient (Wildman–Crippen LogP) is 3.54. The van der Waals surface area contributed by atoms with E-state index in [0.717, 1.165) is 23.0 Å². The standard InChI is InChI=1S/C14H21BrN2O/c1-10(2)7-8-14(3,13(16)18)17-12-6-4-5-11(15)9-12/h4-6,9-10,17H,7-8H2,1-3H3,(H2,16,18). The molecule has 0 aliphatic carbocycles. The molecule has 1 atom stereocenters. The number of carbonyl (C=O) groups excluding carboxylic acids is 1. The summed E-state index contributed by atoms with van der Waals surface area (Å²) in [6.07, 6.45) is 1.69. The summed E-state index contributed by atoms with van der Waals surface area (Å²) in [7, 11) is 0. The van der Waals surface area contributed by atoms with Gasteiger partial charge in [0.1, 0.15) is 5.54 Å². The van der Waals surface area contributed by atoms with Gasteiger partial charge >= 0.3 is 0 Å². The van der Waals surface area contributed by atoms with Gasteiger partial charge in [0.05, 0.1) is 0 Å². The molecule has 0 aliphatic rings. The highest BCUT2D eigenvalue weighted by Gasteiger charge is 2.30. The largest absolute Gasteiger partial charge is 0.371 e. The molecule has 0 aromatic heterocycles. The van der Waals surface area contributed by atoms with E-state index >= 15 is 0 Å². The molecule has 1 aromatic rings. The monoisotopic (exact) mass is 312 g/mol. The second-order valence-electron chi connectivity index (χ2n) is 5.26. The van der Waals surface area contributed by atoms with Gasteiger partial charge in [-0.3, -0.25) is 4.79 Å². The van der Waals surface area contributed by atoms with E-state index in [1.165, 1.54) is 0 Å². The summed E-state index contributed by atoms with van der Waals surface area (Å²) in [6.45, 7) is 6.14. The fraction of sp³-hybridized carbons (Fsp3) is 0.500. The molecule has 1 amide bonds. The lowest BCUT2D eigenvalue weighted by molar-refractivity contribution is -0.122.